The number of imidazole rings is 1. The van der Waals surface area contributed by atoms with Gasteiger partial charge in [-0.2, -0.15) is 0 Å². The quantitative estimate of drug-likeness (QED) is 0.763. The predicted octanol–water partition coefficient (Wildman–Crippen LogP) is 4.45. The van der Waals surface area contributed by atoms with Gasteiger partial charge in [-0.15, -0.1) is 0 Å². The highest BCUT2D eigenvalue weighted by atomic mass is 35.5. The highest BCUT2D eigenvalue weighted by Gasteiger charge is 2.09. The Bertz CT molecular complexity index is 869. The molecule has 0 atom stereocenters. The maximum atomic E-state index is 12.4. The fourth-order valence-corrected chi connectivity index (χ4v) is 2.64. The number of aromatic nitrogens is 2. The Morgan fingerprint density at radius 2 is 1.92 bits per heavy atom. The van der Waals surface area contributed by atoms with Crippen LogP contribution in [0, 0.1) is 13.8 Å². The van der Waals surface area contributed by atoms with Crippen molar-refractivity contribution in [2.75, 3.05) is 5.32 Å². The van der Waals surface area contributed by atoms with Crippen molar-refractivity contribution in [3.05, 3.63) is 82.4 Å². The molecule has 1 amide bonds. The van der Waals surface area contributed by atoms with Crippen LogP contribution in [0.15, 0.2) is 54.9 Å². The number of hydrogen-bond donors (Lipinski definition) is 1. The molecule has 0 radical (unpaired) electrons. The molecule has 1 N–H and O–H groups in total. The summed E-state index contributed by atoms with van der Waals surface area (Å²) in [6.45, 7) is 4.59. The fourth-order valence-electron chi connectivity index (χ4n) is 2.47. The van der Waals surface area contributed by atoms with Crippen LogP contribution in [0.5, 0.6) is 0 Å². The van der Waals surface area contributed by atoms with Gasteiger partial charge in [0.05, 0.1) is 0 Å². The second-order valence-corrected chi connectivity index (χ2v) is 6.07. The summed E-state index contributed by atoms with van der Waals surface area (Å²) < 4.78 is 2.06. The summed E-state index contributed by atoms with van der Waals surface area (Å²) in [6.07, 6.45) is 3.72. The monoisotopic (exact) mass is 339 g/mol. The Balaban J connectivity index is 1.72. The third-order valence-corrected chi connectivity index (χ3v) is 4.42. The Kier molecular flexibility index (Phi) is 4.67. The molecule has 3 aromatic rings. The van der Waals surface area contributed by atoms with Crippen LogP contribution in [-0.4, -0.2) is 15.5 Å². The van der Waals surface area contributed by atoms with Gasteiger partial charge in [-0.05, 0) is 49.2 Å². The zero-order chi connectivity index (χ0) is 17.1. The minimum absolute atomic E-state index is 0.147. The van der Waals surface area contributed by atoms with E-state index < -0.39 is 0 Å². The topological polar surface area (TPSA) is 46.9 Å². The predicted molar refractivity (Wildman–Crippen MR) is 96.7 cm³/mol. The minimum Gasteiger partial charge on any atom is -0.331 e. The minimum atomic E-state index is -0.147. The van der Waals surface area contributed by atoms with Crippen LogP contribution in [0.1, 0.15) is 27.3 Å². The largest absolute Gasteiger partial charge is 0.331 e. The lowest BCUT2D eigenvalue weighted by molar-refractivity contribution is 0.102. The summed E-state index contributed by atoms with van der Waals surface area (Å²) >= 11 is 6.09. The summed E-state index contributed by atoms with van der Waals surface area (Å²) in [5, 5.41) is 3.54. The van der Waals surface area contributed by atoms with Gasteiger partial charge < -0.3 is 9.88 Å². The summed E-state index contributed by atoms with van der Waals surface area (Å²) in [4.78, 5) is 16.6. The summed E-state index contributed by atoms with van der Waals surface area (Å²) in [5.41, 5.74) is 3.32. The molecule has 24 heavy (non-hydrogen) atoms. The average Bonchev–Trinajstić information content (AvgIpc) is 2.97. The maximum absolute atomic E-state index is 12.4. The van der Waals surface area contributed by atoms with Gasteiger partial charge in [0.2, 0.25) is 0 Å². The molecule has 1 aromatic heterocycles. The van der Waals surface area contributed by atoms with E-state index in [0.29, 0.717) is 10.6 Å². The molecule has 1 heterocycles. The van der Waals surface area contributed by atoms with E-state index in [2.05, 4.69) is 14.9 Å². The van der Waals surface area contributed by atoms with E-state index in [-0.39, 0.29) is 5.91 Å². The van der Waals surface area contributed by atoms with Gasteiger partial charge >= 0.3 is 0 Å². The fraction of sp³-hybridized carbons (Fsp3) is 0.158. The number of rotatable bonds is 4. The van der Waals surface area contributed by atoms with Crippen molar-refractivity contribution in [3.8, 4) is 0 Å². The molecule has 0 fully saturated rings. The molecule has 0 spiro atoms. The molecule has 122 valence electrons. The van der Waals surface area contributed by atoms with E-state index in [1.807, 2.05) is 56.4 Å². The van der Waals surface area contributed by atoms with Crippen molar-refractivity contribution in [2.45, 2.75) is 20.4 Å². The molecule has 0 unspecified atom stereocenters. The molecule has 4 nitrogen and oxygen atoms in total. The lowest BCUT2D eigenvalue weighted by Gasteiger charge is -2.10. The zero-order valence-corrected chi connectivity index (χ0v) is 14.3. The molecular formula is C19H18ClN3O. The number of halogens is 1. The van der Waals surface area contributed by atoms with Gasteiger partial charge in [0.1, 0.15) is 5.82 Å². The molecular weight excluding hydrogens is 322 g/mol. The number of amides is 1. The van der Waals surface area contributed by atoms with Crippen molar-refractivity contribution in [1.29, 1.82) is 0 Å². The highest BCUT2D eigenvalue weighted by molar-refractivity contribution is 6.31. The van der Waals surface area contributed by atoms with Crippen LogP contribution in [0.25, 0.3) is 0 Å². The molecule has 5 heteroatoms. The first-order valence-electron chi connectivity index (χ1n) is 7.68. The van der Waals surface area contributed by atoms with E-state index in [0.717, 1.165) is 29.2 Å². The first-order valence-corrected chi connectivity index (χ1v) is 8.05. The Hall–Kier alpha value is -2.59. The van der Waals surface area contributed by atoms with E-state index in [1.54, 1.807) is 12.3 Å². The standard InChI is InChI=1S/C19H18ClN3O/c1-13-17(20)4-3-5-18(13)22-19(24)16-8-6-15(7-9-16)12-23-11-10-21-14(23)2/h3-11H,12H2,1-2H3,(H,22,24). The number of carbonyl (C=O) groups is 1. The van der Waals surface area contributed by atoms with Gasteiger partial charge in [-0.3, -0.25) is 4.79 Å². The second kappa shape index (κ2) is 6.89. The third-order valence-electron chi connectivity index (χ3n) is 4.01. The van der Waals surface area contributed by atoms with Crippen molar-refractivity contribution >= 4 is 23.2 Å². The van der Waals surface area contributed by atoms with E-state index in [4.69, 9.17) is 11.6 Å². The Labute approximate surface area is 146 Å². The number of carbonyl (C=O) groups excluding carboxylic acids is 1. The molecule has 0 saturated heterocycles. The molecule has 0 aliphatic carbocycles. The molecule has 3 rings (SSSR count). The Morgan fingerprint density at radius 3 is 2.58 bits per heavy atom. The summed E-state index contributed by atoms with van der Waals surface area (Å²) in [7, 11) is 0. The molecule has 0 saturated carbocycles. The summed E-state index contributed by atoms with van der Waals surface area (Å²) in [5.74, 6) is 0.818. The van der Waals surface area contributed by atoms with Crippen molar-refractivity contribution < 1.29 is 4.79 Å². The lowest BCUT2D eigenvalue weighted by atomic mass is 10.1. The molecule has 0 aliphatic heterocycles. The normalized spacial score (nSPS) is 10.6. The first kappa shape index (κ1) is 16.3. The van der Waals surface area contributed by atoms with E-state index in [1.165, 1.54) is 0 Å². The van der Waals surface area contributed by atoms with Gasteiger partial charge in [-0.25, -0.2) is 4.98 Å². The number of nitrogens with zero attached hydrogens (tertiary/aromatic N) is 2. The number of anilines is 1. The van der Waals surface area contributed by atoms with Gasteiger partial charge in [0.25, 0.3) is 5.91 Å². The van der Waals surface area contributed by atoms with Crippen LogP contribution < -0.4 is 5.32 Å². The molecule has 2 aromatic carbocycles. The van der Waals surface area contributed by atoms with Gasteiger partial charge in [0.15, 0.2) is 0 Å². The van der Waals surface area contributed by atoms with E-state index in [9.17, 15) is 4.79 Å². The highest BCUT2D eigenvalue weighted by Crippen LogP contribution is 2.23. The van der Waals surface area contributed by atoms with Gasteiger partial charge in [0, 0.05) is 35.2 Å². The Morgan fingerprint density at radius 1 is 1.17 bits per heavy atom. The van der Waals surface area contributed by atoms with Crippen LogP contribution in [0.4, 0.5) is 5.69 Å². The van der Waals surface area contributed by atoms with Crippen molar-refractivity contribution in [2.24, 2.45) is 0 Å². The molecule has 0 bridgehead atoms. The summed E-state index contributed by atoms with van der Waals surface area (Å²) in [6, 6.07) is 13.0. The zero-order valence-electron chi connectivity index (χ0n) is 13.6. The maximum Gasteiger partial charge on any atom is 0.255 e. The van der Waals surface area contributed by atoms with Crippen molar-refractivity contribution in [3.63, 3.8) is 0 Å². The van der Waals surface area contributed by atoms with Crippen molar-refractivity contribution in [1.82, 2.24) is 9.55 Å². The number of hydrogen-bond acceptors (Lipinski definition) is 2. The third kappa shape index (κ3) is 3.49. The van der Waals surface area contributed by atoms with Crippen LogP contribution in [0.3, 0.4) is 0 Å². The number of aryl methyl sites for hydroxylation is 1. The van der Waals surface area contributed by atoms with Crippen LogP contribution >= 0.6 is 11.6 Å². The second-order valence-electron chi connectivity index (χ2n) is 5.67. The van der Waals surface area contributed by atoms with Crippen LogP contribution in [0.2, 0.25) is 5.02 Å². The number of benzene rings is 2. The molecule has 0 aliphatic rings. The van der Waals surface area contributed by atoms with Crippen LogP contribution in [-0.2, 0) is 6.54 Å². The number of nitrogens with one attached hydrogen (secondary N) is 1. The van der Waals surface area contributed by atoms with E-state index >= 15 is 0 Å². The smallest absolute Gasteiger partial charge is 0.255 e. The first-order chi connectivity index (χ1) is 11.5. The average molecular weight is 340 g/mol. The SMILES string of the molecule is Cc1c(Cl)cccc1NC(=O)c1ccc(Cn2ccnc2C)cc1. The lowest BCUT2D eigenvalue weighted by Crippen LogP contribution is -2.13. The van der Waals surface area contributed by atoms with Gasteiger partial charge in [-0.1, -0.05) is 29.8 Å².